The summed E-state index contributed by atoms with van der Waals surface area (Å²) in [5.74, 6) is -2.43. The number of amides is 1. The first kappa shape index (κ1) is 21.1. The van der Waals surface area contributed by atoms with Gasteiger partial charge in [-0.25, -0.2) is 9.18 Å². The zero-order valence-electron chi connectivity index (χ0n) is 15.2. The summed E-state index contributed by atoms with van der Waals surface area (Å²) in [4.78, 5) is 36.5. The number of carbonyl (C=O) groups is 2. The van der Waals surface area contributed by atoms with Crippen LogP contribution >= 0.6 is 11.6 Å². The first-order valence-electron chi connectivity index (χ1n) is 8.02. The average Bonchev–Trinajstić information content (AvgIpc) is 2.63. The van der Waals surface area contributed by atoms with Gasteiger partial charge in [-0.05, 0) is 37.3 Å². The smallest absolute Gasteiger partial charge is 0.339 e. The molecule has 0 radical (unpaired) electrons. The summed E-state index contributed by atoms with van der Waals surface area (Å²) in [6.07, 6.45) is -1.27. The lowest BCUT2D eigenvalue weighted by atomic mass is 10.1. The summed E-state index contributed by atoms with van der Waals surface area (Å²) in [6, 6.07) is 7.52. The molecule has 0 aromatic heterocycles. The van der Waals surface area contributed by atoms with Gasteiger partial charge in [0.05, 0.1) is 16.2 Å². The Morgan fingerprint density at radius 1 is 1.25 bits per heavy atom. The van der Waals surface area contributed by atoms with Gasteiger partial charge in [0.25, 0.3) is 11.6 Å². The molecule has 1 atom stereocenters. The van der Waals surface area contributed by atoms with Gasteiger partial charge < -0.3 is 15.0 Å². The fourth-order valence-corrected chi connectivity index (χ4v) is 2.44. The minimum absolute atomic E-state index is 0.0883. The Labute approximate surface area is 165 Å². The molecule has 28 heavy (non-hydrogen) atoms. The van der Waals surface area contributed by atoms with Crippen molar-refractivity contribution in [2.45, 2.75) is 13.0 Å². The molecule has 0 spiro atoms. The molecule has 2 aromatic rings. The van der Waals surface area contributed by atoms with Crippen LogP contribution in [0.5, 0.6) is 0 Å². The SMILES string of the molecule is C[C@H](OC(=O)c1ccc(N(C)C)c([N+](=O)[O-])c1)C(=O)Nc1ccc(Cl)cc1F. The van der Waals surface area contributed by atoms with Crippen molar-refractivity contribution in [2.24, 2.45) is 0 Å². The summed E-state index contributed by atoms with van der Waals surface area (Å²) in [7, 11) is 3.26. The minimum Gasteiger partial charge on any atom is -0.449 e. The van der Waals surface area contributed by atoms with Crippen LogP contribution in [0.15, 0.2) is 36.4 Å². The highest BCUT2D eigenvalue weighted by Crippen LogP contribution is 2.28. The van der Waals surface area contributed by atoms with Crippen molar-refractivity contribution in [3.8, 4) is 0 Å². The molecular formula is C18H17ClFN3O5. The van der Waals surface area contributed by atoms with E-state index >= 15 is 0 Å². The monoisotopic (exact) mass is 409 g/mol. The van der Waals surface area contributed by atoms with Crippen LogP contribution in [0, 0.1) is 15.9 Å². The first-order valence-corrected chi connectivity index (χ1v) is 8.40. The second kappa shape index (κ2) is 8.66. The molecule has 10 heteroatoms. The summed E-state index contributed by atoms with van der Waals surface area (Å²) in [5.41, 5.74) is -0.178. The summed E-state index contributed by atoms with van der Waals surface area (Å²) in [6.45, 7) is 1.30. The molecule has 0 aliphatic heterocycles. The predicted molar refractivity (Wildman–Crippen MR) is 102 cm³/mol. The second-order valence-electron chi connectivity index (χ2n) is 6.02. The van der Waals surface area contributed by atoms with Crippen LogP contribution in [-0.4, -0.2) is 37.0 Å². The van der Waals surface area contributed by atoms with Gasteiger partial charge in [0.15, 0.2) is 6.10 Å². The van der Waals surface area contributed by atoms with Crippen LogP contribution in [0.2, 0.25) is 5.02 Å². The van der Waals surface area contributed by atoms with E-state index in [1.165, 1.54) is 36.1 Å². The van der Waals surface area contributed by atoms with Crippen molar-refractivity contribution in [1.29, 1.82) is 0 Å². The molecule has 148 valence electrons. The Balaban J connectivity index is 2.12. The van der Waals surface area contributed by atoms with Gasteiger partial charge >= 0.3 is 5.97 Å². The minimum atomic E-state index is -1.27. The maximum absolute atomic E-state index is 13.8. The van der Waals surface area contributed by atoms with E-state index in [0.717, 1.165) is 12.1 Å². The number of anilines is 2. The number of rotatable bonds is 6. The van der Waals surface area contributed by atoms with E-state index in [1.54, 1.807) is 14.1 Å². The number of nitrogens with zero attached hydrogens (tertiary/aromatic N) is 2. The van der Waals surface area contributed by atoms with Gasteiger partial charge in [-0.1, -0.05) is 11.6 Å². The number of nitro groups is 1. The van der Waals surface area contributed by atoms with Gasteiger partial charge in [0, 0.05) is 25.2 Å². The van der Waals surface area contributed by atoms with Gasteiger partial charge in [-0.15, -0.1) is 0 Å². The molecule has 1 amide bonds. The Bertz CT molecular complexity index is 935. The van der Waals surface area contributed by atoms with E-state index in [-0.39, 0.29) is 22.0 Å². The molecule has 0 saturated carbocycles. The van der Waals surface area contributed by atoms with Crippen molar-refractivity contribution in [1.82, 2.24) is 0 Å². The number of carbonyl (C=O) groups excluding carboxylic acids is 2. The molecule has 2 aromatic carbocycles. The molecule has 0 bridgehead atoms. The fraction of sp³-hybridized carbons (Fsp3) is 0.222. The van der Waals surface area contributed by atoms with Crippen molar-refractivity contribution in [2.75, 3.05) is 24.3 Å². The van der Waals surface area contributed by atoms with Crippen LogP contribution in [-0.2, 0) is 9.53 Å². The third-order valence-electron chi connectivity index (χ3n) is 3.73. The highest BCUT2D eigenvalue weighted by atomic mass is 35.5. The molecule has 0 heterocycles. The van der Waals surface area contributed by atoms with E-state index in [2.05, 4.69) is 5.32 Å². The van der Waals surface area contributed by atoms with Crippen LogP contribution < -0.4 is 10.2 Å². The molecule has 0 unspecified atom stereocenters. The lowest BCUT2D eigenvalue weighted by Crippen LogP contribution is -2.30. The Morgan fingerprint density at radius 3 is 2.50 bits per heavy atom. The predicted octanol–water partition coefficient (Wildman–Crippen LogP) is 3.64. The first-order chi connectivity index (χ1) is 13.1. The molecule has 0 saturated heterocycles. The van der Waals surface area contributed by atoms with Crippen molar-refractivity contribution in [3.05, 3.63) is 62.9 Å². The number of ether oxygens (including phenoxy) is 1. The normalized spacial score (nSPS) is 11.5. The molecule has 0 aliphatic rings. The lowest BCUT2D eigenvalue weighted by molar-refractivity contribution is -0.384. The van der Waals surface area contributed by atoms with Crippen LogP contribution in [0.25, 0.3) is 0 Å². The number of nitrogens with one attached hydrogen (secondary N) is 1. The average molecular weight is 410 g/mol. The molecule has 2 rings (SSSR count). The number of nitro benzene ring substituents is 1. The molecular weight excluding hydrogens is 393 g/mol. The summed E-state index contributed by atoms with van der Waals surface area (Å²) >= 11 is 5.65. The van der Waals surface area contributed by atoms with E-state index in [9.17, 15) is 24.1 Å². The summed E-state index contributed by atoms with van der Waals surface area (Å²) < 4.78 is 18.8. The quantitative estimate of drug-likeness (QED) is 0.444. The highest BCUT2D eigenvalue weighted by Gasteiger charge is 2.23. The Hall–Kier alpha value is -3.20. The van der Waals surface area contributed by atoms with Crippen molar-refractivity contribution in [3.63, 3.8) is 0 Å². The fourth-order valence-electron chi connectivity index (χ4n) is 2.28. The van der Waals surface area contributed by atoms with E-state index in [1.807, 2.05) is 0 Å². The number of hydrogen-bond donors (Lipinski definition) is 1. The zero-order valence-corrected chi connectivity index (χ0v) is 16.0. The Morgan fingerprint density at radius 2 is 1.93 bits per heavy atom. The largest absolute Gasteiger partial charge is 0.449 e. The van der Waals surface area contributed by atoms with Gasteiger partial charge in [0.1, 0.15) is 11.5 Å². The maximum Gasteiger partial charge on any atom is 0.339 e. The van der Waals surface area contributed by atoms with Gasteiger partial charge in [-0.2, -0.15) is 0 Å². The zero-order chi connectivity index (χ0) is 21.0. The molecule has 1 N–H and O–H groups in total. The standard InChI is InChI=1S/C18H17ClFN3O5/c1-10(17(24)21-14-6-5-12(19)9-13(14)20)28-18(25)11-4-7-15(22(2)3)16(8-11)23(26)27/h4-10H,1-3H3,(H,21,24)/t10-/m0/s1. The number of hydrogen-bond acceptors (Lipinski definition) is 6. The maximum atomic E-state index is 13.8. The lowest BCUT2D eigenvalue weighted by Gasteiger charge is -2.15. The number of halogens is 2. The van der Waals surface area contributed by atoms with Crippen LogP contribution in [0.4, 0.5) is 21.5 Å². The number of esters is 1. The number of benzene rings is 2. The van der Waals surface area contributed by atoms with E-state index in [0.29, 0.717) is 5.69 Å². The van der Waals surface area contributed by atoms with Gasteiger partial charge in [0.2, 0.25) is 0 Å². The van der Waals surface area contributed by atoms with Crippen molar-refractivity contribution < 1.29 is 23.6 Å². The van der Waals surface area contributed by atoms with E-state index in [4.69, 9.17) is 16.3 Å². The Kier molecular flexibility index (Phi) is 6.53. The van der Waals surface area contributed by atoms with E-state index < -0.39 is 28.7 Å². The second-order valence-corrected chi connectivity index (χ2v) is 6.45. The third kappa shape index (κ3) is 4.95. The van der Waals surface area contributed by atoms with Gasteiger partial charge in [-0.3, -0.25) is 14.9 Å². The summed E-state index contributed by atoms with van der Waals surface area (Å²) in [5, 5.41) is 13.7. The molecule has 0 aliphatic carbocycles. The topological polar surface area (TPSA) is 102 Å². The third-order valence-corrected chi connectivity index (χ3v) is 3.97. The molecule has 8 nitrogen and oxygen atoms in total. The van der Waals surface area contributed by atoms with Crippen LogP contribution in [0.1, 0.15) is 17.3 Å². The van der Waals surface area contributed by atoms with Crippen LogP contribution in [0.3, 0.4) is 0 Å². The molecule has 0 fully saturated rings. The van der Waals surface area contributed by atoms with Crippen molar-refractivity contribution >= 4 is 40.5 Å². The highest BCUT2D eigenvalue weighted by molar-refractivity contribution is 6.30.